The van der Waals surface area contributed by atoms with Crippen molar-refractivity contribution in [1.29, 1.82) is 0 Å². The quantitative estimate of drug-likeness (QED) is 0.0293. The number of carboxylic acids is 1. The average Bonchev–Trinajstić information content (AvgIpc) is 1.41. The van der Waals surface area contributed by atoms with Crippen molar-refractivity contribution in [2.45, 2.75) is 89.3 Å². The molecule has 3 aromatic heterocycles. The second kappa shape index (κ2) is 29.5. The predicted molar refractivity (Wildman–Crippen MR) is 357 cm³/mol. The number of ether oxygens (including phenoxy) is 7. The third-order valence-electron chi connectivity index (χ3n) is 17.0. The number of nitrogens with zero attached hydrogens (tertiary/aromatic N) is 6. The maximum Gasteiger partial charge on any atom is 0.392 e. The Bertz CT molecular complexity index is 4000. The van der Waals surface area contributed by atoms with E-state index in [1.807, 2.05) is 85.8 Å². The molecule has 0 radical (unpaired) electrons. The lowest BCUT2D eigenvalue weighted by Gasteiger charge is -2.39. The largest absolute Gasteiger partial charge is 0.543 e. The van der Waals surface area contributed by atoms with E-state index in [1.54, 1.807) is 44.6 Å². The normalized spacial score (nSPS) is 14.1. The molecule has 1 saturated heterocycles. The van der Waals surface area contributed by atoms with Gasteiger partial charge in [-0.3, -0.25) is 4.90 Å². The van der Waals surface area contributed by atoms with Crippen molar-refractivity contribution >= 4 is 47.4 Å². The van der Waals surface area contributed by atoms with Crippen molar-refractivity contribution in [2.24, 2.45) is 0 Å². The summed E-state index contributed by atoms with van der Waals surface area (Å²) in [5.41, 5.74) is 4.54. The highest BCUT2D eigenvalue weighted by molar-refractivity contribution is 7.22. The number of aliphatic carboxylic acids is 1. The molecule has 23 heteroatoms. The van der Waals surface area contributed by atoms with E-state index in [-0.39, 0.29) is 48.0 Å². The zero-order valence-corrected chi connectivity index (χ0v) is 56.3. The summed E-state index contributed by atoms with van der Waals surface area (Å²) in [6.45, 7) is 15.4. The average molecular weight is 1340 g/mol. The Morgan fingerprint density at radius 2 is 1.40 bits per heavy atom. The van der Waals surface area contributed by atoms with Gasteiger partial charge in [-0.1, -0.05) is 105 Å². The predicted octanol–water partition coefficient (Wildman–Crippen LogP) is 15.3. The van der Waals surface area contributed by atoms with Crippen LogP contribution in [0.25, 0.3) is 31.8 Å². The number of halogens is 5. The van der Waals surface area contributed by atoms with Gasteiger partial charge in [0.1, 0.15) is 70.6 Å². The molecule has 0 aliphatic carbocycles. The number of thiophene rings is 1. The van der Waals surface area contributed by atoms with E-state index in [9.17, 15) is 27.5 Å². The van der Waals surface area contributed by atoms with Crippen molar-refractivity contribution in [3.8, 4) is 62.2 Å². The molecule has 0 amide bonds. The van der Waals surface area contributed by atoms with Crippen LogP contribution >= 0.6 is 22.9 Å². The van der Waals surface area contributed by atoms with Crippen molar-refractivity contribution in [1.82, 2.24) is 29.7 Å². The first kappa shape index (κ1) is 68.5. The van der Waals surface area contributed by atoms with Gasteiger partial charge in [-0.2, -0.15) is 18.2 Å². The SMILES string of the molecule is COc1ccc(C(OC[C@@H](CN2CCN(C)CC2)Oc2ccc(-c3c(-c4ccc(F)cc4)sc4ncnc(OC(Cc5cc(O[Si](C)(C)C(C)(C)C)ccc5OCc5ccnc(OCCC(F)(F)F)n5)C(=O)O)c34)c(C)c2Cl)(c2ccccc2)c2ccc(OC)cc2)cc1. The molecule has 94 heavy (non-hydrogen) atoms. The van der Waals surface area contributed by atoms with Gasteiger partial charge in [-0.15, -0.1) is 11.3 Å². The Morgan fingerprint density at radius 1 is 0.766 bits per heavy atom. The summed E-state index contributed by atoms with van der Waals surface area (Å²) >= 11 is 8.91. The summed E-state index contributed by atoms with van der Waals surface area (Å²) in [6, 6.07) is 41.9. The van der Waals surface area contributed by atoms with Crippen LogP contribution in [0.3, 0.4) is 0 Å². The van der Waals surface area contributed by atoms with Gasteiger partial charge in [-0.25, -0.2) is 24.1 Å². The molecule has 0 bridgehead atoms. The van der Waals surface area contributed by atoms with Crippen molar-refractivity contribution in [3.05, 3.63) is 196 Å². The van der Waals surface area contributed by atoms with Crippen molar-refractivity contribution < 1.29 is 65.0 Å². The Morgan fingerprint density at radius 3 is 2.03 bits per heavy atom. The highest BCUT2D eigenvalue weighted by Crippen LogP contribution is 2.50. The summed E-state index contributed by atoms with van der Waals surface area (Å²) in [5, 5.41) is 11.6. The van der Waals surface area contributed by atoms with Gasteiger partial charge in [0.25, 0.3) is 0 Å². The maximum atomic E-state index is 14.8. The minimum absolute atomic E-state index is 0.0527. The highest BCUT2D eigenvalue weighted by atomic mass is 35.5. The molecule has 6 aromatic carbocycles. The van der Waals surface area contributed by atoms with E-state index >= 15 is 0 Å². The van der Waals surface area contributed by atoms with Crippen LogP contribution in [0.1, 0.15) is 60.7 Å². The summed E-state index contributed by atoms with van der Waals surface area (Å²) in [7, 11) is 2.92. The van der Waals surface area contributed by atoms with E-state index < -0.39 is 57.1 Å². The molecule has 16 nitrogen and oxygen atoms in total. The standard InChI is InChI=1S/C71H75ClF4N6O10SSi/c1-45-57(28-30-59(63(45)72)90-56(41-82-36-34-81(5)35-37-82)43-89-71(48-13-11-10-12-14-48,49-17-23-53(85-6)24-18-49)50-19-25-54(86-7)26-20-50)61-62-65(78-44-79-66(62)93-64(61)46-15-21-51(73)22-16-46)91-60(67(83)84)40-47-39-55(92-94(8,9)69(2,3)4)27-29-58(47)88-42-52-31-33-77-68(80-52)87-38-32-70(74,75)76/h10-31,33,39,44,56,60H,32,34-38,40-43H2,1-9H3,(H,83,84)/t56-,60?/m1/s1. The van der Waals surface area contributed by atoms with E-state index in [1.165, 1.54) is 42.1 Å². The molecule has 10 rings (SSSR count). The number of carbonyl (C=O) groups is 1. The molecular formula is C71H75ClF4N6O10SSi. The smallest absolute Gasteiger partial charge is 0.392 e. The molecule has 1 N–H and O–H groups in total. The second-order valence-corrected chi connectivity index (χ2v) is 30.6. The van der Waals surface area contributed by atoms with E-state index in [4.69, 9.17) is 54.2 Å². The van der Waals surface area contributed by atoms with Crippen LogP contribution in [0.15, 0.2) is 152 Å². The van der Waals surface area contributed by atoms with Gasteiger partial charge in [0.2, 0.25) is 20.3 Å². The van der Waals surface area contributed by atoms with Crippen LogP contribution < -0.4 is 32.8 Å². The lowest BCUT2D eigenvalue weighted by atomic mass is 9.80. The zero-order valence-electron chi connectivity index (χ0n) is 53.8. The first-order valence-electron chi connectivity index (χ1n) is 30.7. The van der Waals surface area contributed by atoms with Gasteiger partial charge >= 0.3 is 18.2 Å². The van der Waals surface area contributed by atoms with E-state index in [0.717, 1.165) is 42.9 Å². The van der Waals surface area contributed by atoms with Gasteiger partial charge < -0.3 is 47.6 Å². The third-order valence-corrected chi connectivity index (χ3v) is 23.0. The summed E-state index contributed by atoms with van der Waals surface area (Å²) in [6.07, 6.45) is -5.45. The highest BCUT2D eigenvalue weighted by Gasteiger charge is 2.41. The molecular weight excluding hydrogens is 1270 g/mol. The number of hydrogen-bond acceptors (Lipinski definition) is 16. The zero-order chi connectivity index (χ0) is 67.0. The fourth-order valence-corrected chi connectivity index (χ4v) is 13.2. The number of benzene rings is 6. The molecule has 2 atom stereocenters. The number of methoxy groups -OCH3 is 2. The van der Waals surface area contributed by atoms with Gasteiger partial charge in [0, 0.05) is 61.3 Å². The first-order valence-corrected chi connectivity index (χ1v) is 34.8. The van der Waals surface area contributed by atoms with Gasteiger partial charge in [0.15, 0.2) is 0 Å². The fraction of sp³-hybridized carbons (Fsp3) is 0.338. The Balaban J connectivity index is 1.02. The van der Waals surface area contributed by atoms with E-state index in [2.05, 4.69) is 77.8 Å². The molecule has 1 aliphatic rings. The van der Waals surface area contributed by atoms with Crippen LogP contribution in [0.2, 0.25) is 23.2 Å². The molecule has 0 spiro atoms. The maximum absolute atomic E-state index is 14.8. The molecule has 494 valence electrons. The lowest BCUT2D eigenvalue weighted by Crippen LogP contribution is -2.49. The fourth-order valence-electron chi connectivity index (χ4n) is 10.8. The molecule has 0 saturated carbocycles. The number of aromatic nitrogens is 4. The van der Waals surface area contributed by atoms with Crippen molar-refractivity contribution in [2.75, 3.05) is 67.2 Å². The topological polar surface area (TPSA) is 169 Å². The van der Waals surface area contributed by atoms with Crippen LogP contribution in [-0.4, -0.2) is 135 Å². The monoisotopic (exact) mass is 1340 g/mol. The Kier molecular flexibility index (Phi) is 21.5. The van der Waals surface area contributed by atoms with Crippen LogP contribution in [0.5, 0.6) is 40.6 Å². The molecule has 1 aliphatic heterocycles. The van der Waals surface area contributed by atoms with Gasteiger partial charge in [-0.05, 0) is 132 Å². The Hall–Kier alpha value is -8.38. The number of hydrogen-bond donors (Lipinski definition) is 1. The van der Waals surface area contributed by atoms with E-state index in [0.29, 0.717) is 77.5 Å². The molecule has 4 heterocycles. The number of carboxylic acid groups (broad SMARTS) is 1. The van der Waals surface area contributed by atoms with Crippen LogP contribution in [0, 0.1) is 12.7 Å². The number of likely N-dealkylation sites (N-methyl/N-ethyl adjacent to an activating group) is 1. The lowest BCUT2D eigenvalue weighted by molar-refractivity contribution is -0.145. The van der Waals surface area contributed by atoms with Crippen molar-refractivity contribution in [3.63, 3.8) is 0 Å². The number of alkyl halides is 3. The van der Waals surface area contributed by atoms with Crippen LogP contribution in [0.4, 0.5) is 17.6 Å². The van der Waals surface area contributed by atoms with Gasteiger partial charge in [0.05, 0.1) is 43.4 Å². The Labute approximate surface area is 554 Å². The third kappa shape index (κ3) is 16.2. The van der Waals surface area contributed by atoms with Crippen LogP contribution in [-0.2, 0) is 28.2 Å². The summed E-state index contributed by atoms with van der Waals surface area (Å²) in [4.78, 5) is 37.0. The number of piperazine rings is 1. The molecule has 9 aromatic rings. The second-order valence-electron chi connectivity index (χ2n) is 24.5. The minimum Gasteiger partial charge on any atom is -0.543 e. The molecule has 1 fully saturated rings. The first-order chi connectivity index (χ1) is 44.9. The number of rotatable bonds is 27. The summed E-state index contributed by atoms with van der Waals surface area (Å²) < 4.78 is 104. The summed E-state index contributed by atoms with van der Waals surface area (Å²) in [5.74, 6) is 0.681. The minimum atomic E-state index is -4.43. The number of fused-ring (bicyclic) bond motifs is 1. The molecule has 1 unspecified atom stereocenters.